The molecule has 5 rings (SSSR count). The third kappa shape index (κ3) is 4.07. The average Bonchev–Trinajstić information content (AvgIpc) is 3.42. The van der Waals surface area contributed by atoms with E-state index in [0.717, 1.165) is 23.7 Å². The molecule has 0 saturated heterocycles. The molecule has 0 fully saturated rings. The van der Waals surface area contributed by atoms with Crippen molar-refractivity contribution in [2.75, 3.05) is 6.26 Å². The molecule has 2 aromatic heterocycles. The van der Waals surface area contributed by atoms with Gasteiger partial charge in [-0.3, -0.25) is 4.57 Å². The van der Waals surface area contributed by atoms with Crippen LogP contribution >= 0.6 is 11.8 Å². The molecule has 0 aliphatic heterocycles. The van der Waals surface area contributed by atoms with Crippen LogP contribution in [0.4, 0.5) is 0 Å². The molecule has 32 heavy (non-hydrogen) atoms. The van der Waals surface area contributed by atoms with Crippen LogP contribution in [0, 0.1) is 0 Å². The fourth-order valence-electron chi connectivity index (χ4n) is 3.92. The highest BCUT2D eigenvalue weighted by Gasteiger charge is 2.22. The molecule has 2 aromatic carbocycles. The number of para-hydroxylation sites is 1. The summed E-state index contributed by atoms with van der Waals surface area (Å²) < 4.78 is 27.4. The van der Waals surface area contributed by atoms with Gasteiger partial charge in [0.15, 0.2) is 20.8 Å². The number of imidazole rings is 1. The normalized spacial score (nSPS) is 13.8. The minimum Gasteiger partial charge on any atom is -0.292 e. The number of fused-ring (bicyclic) bond motifs is 1. The molecule has 4 aromatic rings. The fraction of sp³-hybridized carbons (Fsp3) is 0.273. The largest absolute Gasteiger partial charge is 0.292 e. The van der Waals surface area contributed by atoms with Crippen LogP contribution in [0.1, 0.15) is 30.1 Å². The van der Waals surface area contributed by atoms with Gasteiger partial charge >= 0.3 is 0 Å². The van der Waals surface area contributed by atoms with Gasteiger partial charge in [-0.2, -0.15) is 4.68 Å². The number of hydrogen-bond donors (Lipinski definition) is 0. The molecule has 0 radical (unpaired) electrons. The van der Waals surface area contributed by atoms with E-state index in [1.807, 2.05) is 18.2 Å². The highest BCUT2D eigenvalue weighted by atomic mass is 32.2. The Balaban J connectivity index is 1.43. The topological polar surface area (TPSA) is 95.6 Å². The van der Waals surface area contributed by atoms with E-state index in [4.69, 9.17) is 4.98 Å². The van der Waals surface area contributed by atoms with E-state index in [0.29, 0.717) is 17.3 Å². The molecule has 0 atom stereocenters. The summed E-state index contributed by atoms with van der Waals surface area (Å²) in [5.74, 6) is 1.20. The summed E-state index contributed by atoms with van der Waals surface area (Å²) in [6, 6.07) is 16.9. The zero-order chi connectivity index (χ0) is 22.1. The standard InChI is InChI=1S/C22H22N6O2S2/c1-32(29,30)18-13-11-17(12-14-18)28-21(24-25-26-28)15-31-22-23-19-9-5-6-10-20(19)27(22)16-7-3-2-4-8-16/h2-4,7-8,11-14H,5-6,9-10,15H2,1H3. The predicted molar refractivity (Wildman–Crippen MR) is 122 cm³/mol. The molecule has 1 aliphatic rings. The number of benzene rings is 2. The second kappa shape index (κ2) is 8.51. The van der Waals surface area contributed by atoms with Gasteiger partial charge in [-0.15, -0.1) is 5.10 Å². The third-order valence-electron chi connectivity index (χ3n) is 5.49. The third-order valence-corrected chi connectivity index (χ3v) is 7.55. The molecular weight excluding hydrogens is 444 g/mol. The highest BCUT2D eigenvalue weighted by molar-refractivity contribution is 7.98. The Morgan fingerprint density at radius 2 is 1.72 bits per heavy atom. The van der Waals surface area contributed by atoms with Crippen molar-refractivity contribution in [3.63, 3.8) is 0 Å². The number of tetrazole rings is 1. The van der Waals surface area contributed by atoms with Gasteiger partial charge in [0.1, 0.15) is 0 Å². The molecule has 164 valence electrons. The zero-order valence-corrected chi connectivity index (χ0v) is 19.2. The minimum atomic E-state index is -3.25. The maximum absolute atomic E-state index is 11.7. The number of rotatable bonds is 6. The van der Waals surface area contributed by atoms with E-state index in [1.54, 1.807) is 40.7 Å². The quantitative estimate of drug-likeness (QED) is 0.402. The van der Waals surface area contributed by atoms with Crippen LogP contribution in [0.5, 0.6) is 0 Å². The van der Waals surface area contributed by atoms with Crippen LogP contribution in [0.2, 0.25) is 0 Å². The van der Waals surface area contributed by atoms with E-state index in [2.05, 4.69) is 32.2 Å². The molecule has 1 aliphatic carbocycles. The fourth-order valence-corrected chi connectivity index (χ4v) is 5.50. The predicted octanol–water partition coefficient (Wildman–Crippen LogP) is 3.42. The molecule has 0 amide bonds. The first-order chi connectivity index (χ1) is 15.5. The number of thioether (sulfide) groups is 1. The van der Waals surface area contributed by atoms with Crippen LogP contribution < -0.4 is 0 Å². The summed E-state index contributed by atoms with van der Waals surface area (Å²) in [4.78, 5) is 5.21. The minimum absolute atomic E-state index is 0.265. The van der Waals surface area contributed by atoms with Crippen molar-refractivity contribution in [1.29, 1.82) is 0 Å². The van der Waals surface area contributed by atoms with Crippen LogP contribution in [-0.2, 0) is 28.4 Å². The Kier molecular flexibility index (Phi) is 5.56. The molecule has 0 spiro atoms. The van der Waals surface area contributed by atoms with E-state index in [9.17, 15) is 8.42 Å². The molecule has 10 heteroatoms. The number of aryl methyl sites for hydroxylation is 1. The lowest BCUT2D eigenvalue weighted by Gasteiger charge is -2.15. The number of sulfone groups is 1. The Morgan fingerprint density at radius 1 is 0.969 bits per heavy atom. The van der Waals surface area contributed by atoms with Crippen LogP contribution in [0.3, 0.4) is 0 Å². The lowest BCUT2D eigenvalue weighted by molar-refractivity contribution is 0.602. The van der Waals surface area contributed by atoms with Gasteiger partial charge in [0.05, 0.1) is 22.0 Å². The van der Waals surface area contributed by atoms with Gasteiger partial charge in [-0.05, 0) is 72.5 Å². The van der Waals surface area contributed by atoms with Crippen molar-refractivity contribution >= 4 is 21.6 Å². The molecular formula is C22H22N6O2S2. The van der Waals surface area contributed by atoms with Gasteiger partial charge in [-0.1, -0.05) is 30.0 Å². The zero-order valence-electron chi connectivity index (χ0n) is 17.5. The number of hydrogen-bond acceptors (Lipinski definition) is 7. The summed E-state index contributed by atoms with van der Waals surface area (Å²) in [6.07, 6.45) is 5.58. The van der Waals surface area contributed by atoms with Crippen molar-refractivity contribution < 1.29 is 8.42 Å². The van der Waals surface area contributed by atoms with E-state index in [-0.39, 0.29) is 4.90 Å². The van der Waals surface area contributed by atoms with Crippen molar-refractivity contribution in [2.24, 2.45) is 0 Å². The second-order valence-corrected chi connectivity index (χ2v) is 10.7. The number of aromatic nitrogens is 6. The lowest BCUT2D eigenvalue weighted by Crippen LogP contribution is -2.07. The Morgan fingerprint density at radius 3 is 2.47 bits per heavy atom. The Labute approximate surface area is 190 Å². The van der Waals surface area contributed by atoms with Gasteiger partial charge in [0.2, 0.25) is 0 Å². The summed E-state index contributed by atoms with van der Waals surface area (Å²) >= 11 is 1.60. The van der Waals surface area contributed by atoms with Gasteiger partial charge in [0, 0.05) is 17.6 Å². The van der Waals surface area contributed by atoms with Gasteiger partial charge < -0.3 is 0 Å². The van der Waals surface area contributed by atoms with Gasteiger partial charge in [-0.25, -0.2) is 13.4 Å². The molecule has 8 nitrogen and oxygen atoms in total. The summed E-state index contributed by atoms with van der Waals surface area (Å²) in [5, 5.41) is 13.1. The average molecular weight is 467 g/mol. The smallest absolute Gasteiger partial charge is 0.175 e. The molecule has 0 unspecified atom stereocenters. The monoisotopic (exact) mass is 466 g/mol. The SMILES string of the molecule is CS(=O)(=O)c1ccc(-n2nnnc2CSc2nc3c(n2-c2ccccc2)CCCC3)cc1. The first-order valence-electron chi connectivity index (χ1n) is 10.4. The van der Waals surface area contributed by atoms with Gasteiger partial charge in [0.25, 0.3) is 0 Å². The lowest BCUT2D eigenvalue weighted by atomic mass is 10.0. The molecule has 2 heterocycles. The van der Waals surface area contributed by atoms with Crippen LogP contribution in [-0.4, -0.2) is 44.4 Å². The first kappa shape index (κ1) is 20.9. The van der Waals surface area contributed by atoms with Crippen LogP contribution in [0.25, 0.3) is 11.4 Å². The second-order valence-electron chi connectivity index (χ2n) is 7.73. The van der Waals surface area contributed by atoms with E-state index < -0.39 is 9.84 Å². The number of nitrogens with zero attached hydrogens (tertiary/aromatic N) is 6. The van der Waals surface area contributed by atoms with E-state index in [1.165, 1.54) is 30.5 Å². The molecule has 0 bridgehead atoms. The molecule has 0 N–H and O–H groups in total. The van der Waals surface area contributed by atoms with Crippen molar-refractivity contribution in [2.45, 2.75) is 41.5 Å². The maximum atomic E-state index is 11.7. The highest BCUT2D eigenvalue weighted by Crippen LogP contribution is 2.32. The Bertz CT molecular complexity index is 1350. The van der Waals surface area contributed by atoms with Crippen LogP contribution in [0.15, 0.2) is 64.6 Å². The summed E-state index contributed by atoms with van der Waals surface area (Å²) in [7, 11) is -3.25. The van der Waals surface area contributed by atoms with E-state index >= 15 is 0 Å². The molecule has 0 saturated carbocycles. The Hall–Kier alpha value is -2.98. The van der Waals surface area contributed by atoms with Crippen molar-refractivity contribution in [3.05, 3.63) is 71.8 Å². The summed E-state index contributed by atoms with van der Waals surface area (Å²) in [5.41, 5.74) is 4.30. The summed E-state index contributed by atoms with van der Waals surface area (Å²) in [6.45, 7) is 0. The first-order valence-corrected chi connectivity index (χ1v) is 13.2. The van der Waals surface area contributed by atoms with Crippen molar-refractivity contribution in [3.8, 4) is 11.4 Å². The van der Waals surface area contributed by atoms with Crippen molar-refractivity contribution in [1.82, 2.24) is 29.8 Å². The maximum Gasteiger partial charge on any atom is 0.175 e.